The van der Waals surface area contributed by atoms with Crippen molar-refractivity contribution in [1.82, 2.24) is 4.57 Å². The molecule has 314 valence electrons. The number of anilines is 3. The lowest BCUT2D eigenvalue weighted by Gasteiger charge is -2.35. The summed E-state index contributed by atoms with van der Waals surface area (Å²) < 4.78 is 2.47. The number of rotatable bonds is 8. The zero-order valence-corrected chi connectivity index (χ0v) is 36.8. The van der Waals surface area contributed by atoms with Gasteiger partial charge in [0.1, 0.15) is 0 Å². The summed E-state index contributed by atoms with van der Waals surface area (Å²) in [6.45, 7) is 0. The van der Waals surface area contributed by atoms with Crippen molar-refractivity contribution in [3.8, 4) is 39.1 Å². The fraction of sp³-hybridized carbons (Fsp3) is 0.0154. The normalized spacial score (nSPS) is 14.0. The van der Waals surface area contributed by atoms with Crippen LogP contribution in [0.3, 0.4) is 0 Å². The Morgan fingerprint density at radius 2 is 0.866 bits per heavy atom. The summed E-state index contributed by atoms with van der Waals surface area (Å²) >= 11 is 0. The van der Waals surface area contributed by atoms with E-state index >= 15 is 0 Å². The maximum Gasteiger partial charge on any atom is 0.0714 e. The number of fused-ring (bicyclic) bond motifs is 7. The summed E-state index contributed by atoms with van der Waals surface area (Å²) in [7, 11) is 0. The molecule has 13 rings (SSSR count). The molecule has 67 heavy (non-hydrogen) atoms. The molecule has 2 heteroatoms. The maximum atomic E-state index is 2.48. The van der Waals surface area contributed by atoms with E-state index in [1.807, 2.05) is 0 Å². The van der Waals surface area contributed by atoms with E-state index in [0.717, 1.165) is 28.3 Å². The zero-order valence-electron chi connectivity index (χ0n) is 36.8. The minimum absolute atomic E-state index is 0.597. The summed E-state index contributed by atoms with van der Waals surface area (Å²) in [5.74, 6) is 0. The summed E-state index contributed by atoms with van der Waals surface area (Å²) in [5, 5.41) is 4.85. The van der Waals surface area contributed by atoms with Crippen LogP contribution in [0.1, 0.15) is 22.3 Å². The average molecular weight is 853 g/mol. The van der Waals surface area contributed by atoms with Gasteiger partial charge < -0.3 is 9.47 Å². The SMILES string of the molecule is c1ccc(-c2cccc(C3(c4ccccc4)c4ccccc4-c4ccc(N(c5ccc6ccccc6c5)c5ccc6c7ccccc7n(-c7ccccc7-c7ccccc7)c6c5)cc43)c2)cc1. The molecule has 1 aliphatic rings. The van der Waals surface area contributed by atoms with E-state index in [1.54, 1.807) is 0 Å². The van der Waals surface area contributed by atoms with Crippen LogP contribution in [0.25, 0.3) is 71.6 Å². The summed E-state index contributed by atoms with van der Waals surface area (Å²) in [5.41, 5.74) is 18.5. The summed E-state index contributed by atoms with van der Waals surface area (Å²) in [4.78, 5) is 2.47. The number of benzene rings is 11. The molecule has 1 atom stereocenters. The first-order valence-corrected chi connectivity index (χ1v) is 23.2. The first-order chi connectivity index (χ1) is 33.2. The molecule has 0 N–H and O–H groups in total. The molecule has 2 nitrogen and oxygen atoms in total. The van der Waals surface area contributed by atoms with Crippen LogP contribution in [0.4, 0.5) is 17.1 Å². The molecule has 0 saturated carbocycles. The van der Waals surface area contributed by atoms with Crippen molar-refractivity contribution in [2.24, 2.45) is 0 Å². The third-order valence-corrected chi connectivity index (χ3v) is 14.0. The predicted octanol–water partition coefficient (Wildman–Crippen LogP) is 17.1. The van der Waals surface area contributed by atoms with E-state index in [-0.39, 0.29) is 0 Å². The fourth-order valence-electron chi connectivity index (χ4n) is 11.1. The van der Waals surface area contributed by atoms with Crippen molar-refractivity contribution in [2.75, 3.05) is 4.90 Å². The second-order valence-corrected chi connectivity index (χ2v) is 17.6. The van der Waals surface area contributed by atoms with E-state index in [1.165, 1.54) is 82.7 Å². The van der Waals surface area contributed by atoms with Gasteiger partial charge in [0.05, 0.1) is 22.1 Å². The molecule has 0 saturated heterocycles. The molecule has 1 aliphatic carbocycles. The van der Waals surface area contributed by atoms with Crippen molar-refractivity contribution in [3.63, 3.8) is 0 Å². The van der Waals surface area contributed by atoms with Crippen LogP contribution in [-0.4, -0.2) is 4.57 Å². The third-order valence-electron chi connectivity index (χ3n) is 14.0. The molecule has 0 bridgehead atoms. The number of hydrogen-bond acceptors (Lipinski definition) is 1. The minimum atomic E-state index is -0.597. The monoisotopic (exact) mass is 852 g/mol. The largest absolute Gasteiger partial charge is 0.310 e. The van der Waals surface area contributed by atoms with Crippen LogP contribution in [0.5, 0.6) is 0 Å². The van der Waals surface area contributed by atoms with Crippen LogP contribution in [-0.2, 0) is 5.41 Å². The lowest BCUT2D eigenvalue weighted by Crippen LogP contribution is -2.29. The highest BCUT2D eigenvalue weighted by Crippen LogP contribution is 2.58. The Labute approximate surface area is 390 Å². The fourth-order valence-corrected chi connectivity index (χ4v) is 11.1. The molecule has 1 unspecified atom stereocenters. The van der Waals surface area contributed by atoms with Crippen LogP contribution >= 0.6 is 0 Å². The Morgan fingerprint density at radius 1 is 0.299 bits per heavy atom. The van der Waals surface area contributed by atoms with Gasteiger partial charge in [0.2, 0.25) is 0 Å². The van der Waals surface area contributed by atoms with Crippen LogP contribution in [0, 0.1) is 0 Å². The molecule has 0 amide bonds. The van der Waals surface area contributed by atoms with Crippen LogP contribution in [0.15, 0.2) is 267 Å². The van der Waals surface area contributed by atoms with Gasteiger partial charge in [-0.3, -0.25) is 0 Å². The van der Waals surface area contributed by atoms with Crippen molar-refractivity contribution in [3.05, 3.63) is 289 Å². The van der Waals surface area contributed by atoms with Crippen molar-refractivity contribution >= 4 is 49.6 Å². The standard InChI is InChI=1S/C65H44N2/c1-4-19-45(20-5-1)48-25-18-28-51(41-48)65(50-26-8-3-9-27-50)60-32-15-12-30-56(60)57-39-37-53(43-61(57)65)66(52-36-35-46-21-10-11-24-49(46)42-52)54-38-40-59-58-31-14-17-34-63(58)67(64(59)44-54)62-33-16-13-29-55(62)47-22-6-2-7-23-47/h1-44H. The number of hydrogen-bond donors (Lipinski definition) is 0. The molecule has 0 spiro atoms. The number of para-hydroxylation sites is 2. The van der Waals surface area contributed by atoms with Gasteiger partial charge in [-0.15, -0.1) is 0 Å². The van der Waals surface area contributed by atoms with Crippen LogP contribution < -0.4 is 4.90 Å². The van der Waals surface area contributed by atoms with Crippen molar-refractivity contribution in [1.29, 1.82) is 0 Å². The highest BCUT2D eigenvalue weighted by molar-refractivity contribution is 6.11. The van der Waals surface area contributed by atoms with E-state index in [2.05, 4.69) is 276 Å². The first-order valence-electron chi connectivity index (χ1n) is 23.2. The Morgan fingerprint density at radius 3 is 1.70 bits per heavy atom. The van der Waals surface area contributed by atoms with Crippen molar-refractivity contribution < 1.29 is 0 Å². The molecule has 0 fully saturated rings. The molecule has 1 heterocycles. The molecule has 0 aliphatic heterocycles. The number of aromatic nitrogens is 1. The lowest BCUT2D eigenvalue weighted by atomic mass is 9.67. The Bertz CT molecular complexity index is 3810. The molecule has 11 aromatic carbocycles. The van der Waals surface area contributed by atoms with Crippen molar-refractivity contribution in [2.45, 2.75) is 5.41 Å². The van der Waals surface area contributed by atoms with Gasteiger partial charge in [0.25, 0.3) is 0 Å². The van der Waals surface area contributed by atoms with Gasteiger partial charge in [0.15, 0.2) is 0 Å². The second-order valence-electron chi connectivity index (χ2n) is 17.6. The van der Waals surface area contributed by atoms with E-state index in [9.17, 15) is 0 Å². The Kier molecular flexibility index (Phi) is 9.11. The van der Waals surface area contributed by atoms with Gasteiger partial charge in [-0.25, -0.2) is 0 Å². The predicted molar refractivity (Wildman–Crippen MR) is 281 cm³/mol. The number of nitrogens with zero attached hydrogens (tertiary/aromatic N) is 2. The zero-order chi connectivity index (χ0) is 44.3. The van der Waals surface area contributed by atoms with Gasteiger partial charge in [-0.1, -0.05) is 212 Å². The molecular formula is C65H44N2. The Balaban J connectivity index is 1.08. The molecule has 0 radical (unpaired) electrons. The Hall–Kier alpha value is -8.72. The van der Waals surface area contributed by atoms with E-state index in [0.29, 0.717) is 0 Å². The summed E-state index contributed by atoms with van der Waals surface area (Å²) in [6.07, 6.45) is 0. The molecule has 1 aromatic heterocycles. The minimum Gasteiger partial charge on any atom is -0.310 e. The second kappa shape index (κ2) is 15.8. The highest BCUT2D eigenvalue weighted by Gasteiger charge is 2.46. The smallest absolute Gasteiger partial charge is 0.0714 e. The quantitative estimate of drug-likeness (QED) is 0.148. The first kappa shape index (κ1) is 38.7. The lowest BCUT2D eigenvalue weighted by molar-refractivity contribution is 0.769. The third kappa shape index (κ3) is 6.18. The van der Waals surface area contributed by atoms with Crippen LogP contribution in [0.2, 0.25) is 0 Å². The molecular weight excluding hydrogens is 809 g/mol. The molecule has 12 aromatic rings. The highest BCUT2D eigenvalue weighted by atomic mass is 15.1. The van der Waals surface area contributed by atoms with Gasteiger partial charge in [0, 0.05) is 33.4 Å². The maximum absolute atomic E-state index is 2.48. The summed E-state index contributed by atoms with van der Waals surface area (Å²) in [6, 6.07) is 98.3. The van der Waals surface area contributed by atoms with Gasteiger partial charge >= 0.3 is 0 Å². The van der Waals surface area contributed by atoms with E-state index < -0.39 is 5.41 Å². The van der Waals surface area contributed by atoms with Gasteiger partial charge in [-0.05, 0) is 115 Å². The average Bonchev–Trinajstić information content (AvgIpc) is 3.89. The topological polar surface area (TPSA) is 8.17 Å². The van der Waals surface area contributed by atoms with Gasteiger partial charge in [-0.2, -0.15) is 0 Å². The van der Waals surface area contributed by atoms with E-state index in [4.69, 9.17) is 0 Å².